The summed E-state index contributed by atoms with van der Waals surface area (Å²) in [6, 6.07) is 9.24. The van der Waals surface area contributed by atoms with Gasteiger partial charge in [-0.2, -0.15) is 10.5 Å². The molecule has 6 nitrogen and oxygen atoms in total. The topological polar surface area (TPSA) is 88.0 Å². The van der Waals surface area contributed by atoms with Crippen LogP contribution >= 0.6 is 27.3 Å². The Bertz CT molecular complexity index is 1060. The summed E-state index contributed by atoms with van der Waals surface area (Å²) in [6.45, 7) is 3.38. The molecule has 140 valence electrons. The zero-order valence-electron chi connectivity index (χ0n) is 15.0. The lowest BCUT2D eigenvalue weighted by molar-refractivity contribution is 0.141. The molecule has 0 aliphatic heterocycles. The molecule has 0 saturated carbocycles. The van der Waals surface area contributed by atoms with Gasteiger partial charge in [-0.05, 0) is 37.6 Å². The Balaban J connectivity index is 2.65. The van der Waals surface area contributed by atoms with Gasteiger partial charge >= 0.3 is 0 Å². The zero-order chi connectivity index (χ0) is 19.8. The van der Waals surface area contributed by atoms with Gasteiger partial charge in [0.1, 0.15) is 22.6 Å². The largest absolute Gasteiger partial charge is 0.496 e. The van der Waals surface area contributed by atoms with Gasteiger partial charge in [0, 0.05) is 29.8 Å². The second-order valence-corrected chi connectivity index (χ2v) is 7.35. The van der Waals surface area contributed by atoms with E-state index in [-0.39, 0.29) is 11.1 Å². The zero-order valence-corrected chi connectivity index (χ0v) is 17.4. The smallest absolute Gasteiger partial charge is 0.269 e. The minimum absolute atomic E-state index is 0.0747. The molecule has 0 fully saturated rings. The van der Waals surface area contributed by atoms with Crippen LogP contribution in [0, 0.1) is 22.7 Å². The third kappa shape index (κ3) is 5.08. The molecular weight excluding hydrogens is 430 g/mol. The number of ether oxygens (including phenoxy) is 2. The van der Waals surface area contributed by atoms with Crippen molar-refractivity contribution in [1.29, 1.82) is 10.5 Å². The number of rotatable bonds is 7. The number of methoxy groups -OCH3 is 1. The molecule has 0 radical (unpaired) electrons. The first-order valence-corrected chi connectivity index (χ1v) is 9.83. The maximum Gasteiger partial charge on any atom is 0.269 e. The first kappa shape index (κ1) is 20.9. The predicted octanol–water partition coefficient (Wildman–Crippen LogP) is 2.13. The van der Waals surface area contributed by atoms with Gasteiger partial charge in [-0.3, -0.25) is 9.36 Å². The quantitative estimate of drug-likeness (QED) is 0.606. The lowest BCUT2D eigenvalue weighted by Gasteiger charge is -2.04. The van der Waals surface area contributed by atoms with Crippen molar-refractivity contribution in [1.82, 2.24) is 4.57 Å². The summed E-state index contributed by atoms with van der Waals surface area (Å²) in [5.41, 5.74) is 0.416. The molecular formula is C19H18BrN3O3S. The first-order valence-electron chi connectivity index (χ1n) is 8.22. The Hall–Kier alpha value is -2.39. The van der Waals surface area contributed by atoms with Gasteiger partial charge in [-0.1, -0.05) is 15.9 Å². The van der Waals surface area contributed by atoms with Crippen molar-refractivity contribution in [2.24, 2.45) is 0 Å². The lowest BCUT2D eigenvalue weighted by Crippen LogP contribution is -2.32. The summed E-state index contributed by atoms with van der Waals surface area (Å²) in [4.78, 5) is 12.9. The van der Waals surface area contributed by atoms with Crippen LogP contribution in [0.3, 0.4) is 0 Å². The average Bonchev–Trinajstić information content (AvgIpc) is 2.96. The van der Waals surface area contributed by atoms with E-state index in [1.165, 1.54) is 4.57 Å². The van der Waals surface area contributed by atoms with Crippen molar-refractivity contribution in [3.8, 4) is 17.9 Å². The molecule has 2 rings (SSSR count). The van der Waals surface area contributed by atoms with E-state index in [4.69, 9.17) is 9.47 Å². The van der Waals surface area contributed by atoms with Crippen molar-refractivity contribution in [2.45, 2.75) is 19.9 Å². The summed E-state index contributed by atoms with van der Waals surface area (Å²) in [5, 5.41) is 18.5. The number of thiazole rings is 1. The molecule has 1 aromatic heterocycles. The number of benzene rings is 1. The molecule has 0 aliphatic rings. The van der Waals surface area contributed by atoms with E-state index >= 15 is 0 Å². The molecule has 0 saturated heterocycles. The van der Waals surface area contributed by atoms with Crippen molar-refractivity contribution < 1.29 is 9.47 Å². The van der Waals surface area contributed by atoms with Crippen molar-refractivity contribution in [3.63, 3.8) is 0 Å². The third-order valence-electron chi connectivity index (χ3n) is 3.70. The predicted molar refractivity (Wildman–Crippen MR) is 108 cm³/mol. The molecule has 0 spiro atoms. The van der Waals surface area contributed by atoms with Crippen LogP contribution in [-0.4, -0.2) is 24.9 Å². The molecule has 1 aromatic carbocycles. The van der Waals surface area contributed by atoms with Gasteiger partial charge in [0.15, 0.2) is 5.57 Å². The van der Waals surface area contributed by atoms with Gasteiger partial charge < -0.3 is 9.47 Å². The monoisotopic (exact) mass is 447 g/mol. The van der Waals surface area contributed by atoms with Crippen molar-refractivity contribution >= 4 is 38.9 Å². The standard InChI is InChI=1S/C19H18BrN3O3S/c1-3-26-8-4-7-23-18(24)17(27-19(23)14(11-21)12-22)10-13-9-15(20)5-6-16(13)25-2/h5-6,9-10H,3-4,7-8H2,1-2H3/b17-10+. The second-order valence-electron chi connectivity index (χ2n) is 5.41. The normalized spacial score (nSPS) is 11.1. The average molecular weight is 448 g/mol. The summed E-state index contributed by atoms with van der Waals surface area (Å²) >= 11 is 4.54. The van der Waals surface area contributed by atoms with Crippen LogP contribution in [0.1, 0.15) is 18.9 Å². The fourth-order valence-electron chi connectivity index (χ4n) is 2.46. The van der Waals surface area contributed by atoms with E-state index < -0.39 is 0 Å². The van der Waals surface area contributed by atoms with E-state index in [1.54, 1.807) is 19.3 Å². The number of nitriles is 2. The highest BCUT2D eigenvalue weighted by molar-refractivity contribution is 9.10. The van der Waals surface area contributed by atoms with E-state index in [0.717, 1.165) is 21.4 Å². The Kier molecular flexibility index (Phi) is 7.81. The Morgan fingerprint density at radius 1 is 1.37 bits per heavy atom. The lowest BCUT2D eigenvalue weighted by atomic mass is 10.2. The number of hydrogen-bond donors (Lipinski definition) is 0. The Labute approximate surface area is 169 Å². The van der Waals surface area contributed by atoms with E-state index in [0.29, 0.717) is 41.1 Å². The molecule has 0 unspecified atom stereocenters. The second kappa shape index (κ2) is 10.1. The number of halogens is 1. The highest BCUT2D eigenvalue weighted by Crippen LogP contribution is 2.23. The summed E-state index contributed by atoms with van der Waals surface area (Å²) in [7, 11) is 1.56. The SMILES string of the molecule is CCOCCCn1c(=C(C#N)C#N)s/c(=C/c2cc(Br)ccc2OC)c1=O. The molecule has 8 heteroatoms. The van der Waals surface area contributed by atoms with Gasteiger partial charge in [0.25, 0.3) is 5.56 Å². The van der Waals surface area contributed by atoms with E-state index in [9.17, 15) is 15.3 Å². The molecule has 0 aliphatic carbocycles. The fourth-order valence-corrected chi connectivity index (χ4v) is 3.91. The van der Waals surface area contributed by atoms with Gasteiger partial charge in [-0.15, -0.1) is 11.3 Å². The maximum atomic E-state index is 12.9. The summed E-state index contributed by atoms with van der Waals surface area (Å²) < 4.78 is 13.8. The highest BCUT2D eigenvalue weighted by atomic mass is 79.9. The van der Waals surface area contributed by atoms with Crippen molar-refractivity contribution in [2.75, 3.05) is 20.3 Å². The molecule has 27 heavy (non-hydrogen) atoms. The highest BCUT2D eigenvalue weighted by Gasteiger charge is 2.10. The molecule has 0 N–H and O–H groups in total. The molecule has 0 bridgehead atoms. The number of nitrogens with zero attached hydrogens (tertiary/aromatic N) is 3. The first-order chi connectivity index (χ1) is 13.0. The molecule has 0 atom stereocenters. The van der Waals surface area contributed by atoms with Gasteiger partial charge in [0.05, 0.1) is 11.6 Å². The molecule has 2 aromatic rings. The fraction of sp³-hybridized carbons (Fsp3) is 0.316. The minimum atomic E-state index is -0.239. The Morgan fingerprint density at radius 2 is 2.11 bits per heavy atom. The summed E-state index contributed by atoms with van der Waals surface area (Å²) in [6.07, 6.45) is 2.33. The molecule has 0 amide bonds. The Morgan fingerprint density at radius 3 is 2.74 bits per heavy atom. The van der Waals surface area contributed by atoms with Crippen LogP contribution in [0.5, 0.6) is 5.75 Å². The summed E-state index contributed by atoms with van der Waals surface area (Å²) in [5.74, 6) is 0.625. The van der Waals surface area contributed by atoms with Crippen molar-refractivity contribution in [3.05, 3.63) is 47.8 Å². The van der Waals surface area contributed by atoms with Crippen LogP contribution in [0.4, 0.5) is 0 Å². The van der Waals surface area contributed by atoms with E-state index in [2.05, 4.69) is 15.9 Å². The van der Waals surface area contributed by atoms with E-state index in [1.807, 2.05) is 31.2 Å². The van der Waals surface area contributed by atoms with Gasteiger partial charge in [-0.25, -0.2) is 0 Å². The van der Waals surface area contributed by atoms with Crippen LogP contribution in [0.2, 0.25) is 0 Å². The van der Waals surface area contributed by atoms with Gasteiger partial charge in [0.2, 0.25) is 0 Å². The van der Waals surface area contributed by atoms with Crippen LogP contribution < -0.4 is 19.5 Å². The number of hydrogen-bond acceptors (Lipinski definition) is 6. The molecule has 1 heterocycles. The van der Waals surface area contributed by atoms with Crippen LogP contribution in [0.25, 0.3) is 11.6 Å². The van der Waals surface area contributed by atoms with Crippen LogP contribution in [-0.2, 0) is 11.3 Å². The van der Waals surface area contributed by atoms with Crippen LogP contribution in [0.15, 0.2) is 27.5 Å². The third-order valence-corrected chi connectivity index (χ3v) is 5.32. The maximum absolute atomic E-state index is 12.9. The number of aromatic nitrogens is 1. The minimum Gasteiger partial charge on any atom is -0.496 e.